The van der Waals surface area contributed by atoms with Gasteiger partial charge in [0, 0.05) is 25.6 Å². The van der Waals surface area contributed by atoms with Gasteiger partial charge in [-0.2, -0.15) is 31.4 Å². The minimum atomic E-state index is -4.77. The third-order valence-corrected chi connectivity index (χ3v) is 6.77. The molecule has 0 aromatic carbocycles. The molecule has 0 N–H and O–H groups in total. The van der Waals surface area contributed by atoms with E-state index in [0.29, 0.717) is 41.1 Å². The quantitative estimate of drug-likeness (QED) is 0.354. The fourth-order valence-corrected chi connectivity index (χ4v) is 5.26. The van der Waals surface area contributed by atoms with Crippen LogP contribution in [-0.2, 0) is 12.6 Å². The van der Waals surface area contributed by atoms with E-state index in [-0.39, 0.29) is 29.2 Å². The minimum absolute atomic E-state index is 0.120. The zero-order valence-electron chi connectivity index (χ0n) is 18.0. The number of anilines is 1. The predicted octanol–water partition coefficient (Wildman–Crippen LogP) is 4.84. The highest BCUT2D eigenvalue weighted by molar-refractivity contribution is 6.29. The average molecular weight is 521 g/mol. The maximum atomic E-state index is 13.5. The van der Waals surface area contributed by atoms with Crippen molar-refractivity contribution in [3.05, 3.63) is 41.2 Å². The number of piperidine rings is 1. The monoisotopic (exact) mass is 520 g/mol. The van der Waals surface area contributed by atoms with Crippen LogP contribution in [0.5, 0.6) is 5.75 Å². The Kier molecular flexibility index (Phi) is 5.93. The lowest BCUT2D eigenvalue weighted by Gasteiger charge is -2.38. The van der Waals surface area contributed by atoms with Gasteiger partial charge in [0.05, 0.1) is 0 Å². The van der Waals surface area contributed by atoms with Crippen LogP contribution in [0.2, 0.25) is 5.15 Å². The van der Waals surface area contributed by atoms with Crippen LogP contribution in [0.15, 0.2) is 24.5 Å². The van der Waals surface area contributed by atoms with E-state index in [1.54, 1.807) is 6.07 Å². The Morgan fingerprint density at radius 1 is 1.03 bits per heavy atom. The number of rotatable bonds is 5. The lowest BCUT2D eigenvalue weighted by molar-refractivity contribution is -0.153. The molecule has 1 aliphatic heterocycles. The zero-order valence-corrected chi connectivity index (χ0v) is 18.8. The lowest BCUT2D eigenvalue weighted by atomic mass is 9.82. The van der Waals surface area contributed by atoms with Crippen molar-refractivity contribution in [2.24, 2.45) is 17.8 Å². The minimum Gasteiger partial charge on any atom is -0.480 e. The molecule has 1 aliphatic carbocycles. The molecule has 1 unspecified atom stereocenters. The third kappa shape index (κ3) is 4.95. The van der Waals surface area contributed by atoms with Crippen LogP contribution in [0.3, 0.4) is 0 Å². The van der Waals surface area contributed by atoms with E-state index in [1.807, 2.05) is 0 Å². The van der Waals surface area contributed by atoms with Crippen molar-refractivity contribution in [3.63, 3.8) is 0 Å². The van der Waals surface area contributed by atoms with Crippen molar-refractivity contribution < 1.29 is 31.1 Å². The lowest BCUT2D eigenvalue weighted by Crippen LogP contribution is -2.43. The Hall–Kier alpha value is -2.83. The van der Waals surface area contributed by atoms with E-state index in [1.165, 1.54) is 6.33 Å². The molecule has 4 heterocycles. The zero-order chi connectivity index (χ0) is 25.0. The molecule has 5 rings (SSSR count). The number of pyridine rings is 1. The Morgan fingerprint density at radius 2 is 1.74 bits per heavy atom. The van der Waals surface area contributed by atoms with E-state index < -0.39 is 30.4 Å². The van der Waals surface area contributed by atoms with Crippen LogP contribution < -0.4 is 9.64 Å². The van der Waals surface area contributed by atoms with Gasteiger partial charge in [0.15, 0.2) is 23.8 Å². The van der Waals surface area contributed by atoms with Crippen LogP contribution in [0.1, 0.15) is 24.4 Å². The molecular formula is C21H19ClF6N6O. The molecular weight excluding hydrogens is 502 g/mol. The second-order valence-corrected chi connectivity index (χ2v) is 9.20. The van der Waals surface area contributed by atoms with Crippen LogP contribution >= 0.6 is 11.6 Å². The Balaban J connectivity index is 1.40. The molecule has 35 heavy (non-hydrogen) atoms. The SMILES string of the molecule is FC(F)(F)COc1ccc(C(F)(F)F)n2nc(CC3[C@@H]4CC[C@H]3CN(c3cc(Cl)ncn3)C4)nc12. The highest BCUT2D eigenvalue weighted by Crippen LogP contribution is 2.44. The number of fused-ring (bicyclic) bond motifs is 3. The number of halogens is 7. The van der Waals surface area contributed by atoms with E-state index in [9.17, 15) is 26.3 Å². The Bertz CT molecular complexity index is 1220. The second kappa shape index (κ2) is 8.68. The van der Waals surface area contributed by atoms with Crippen molar-refractivity contribution in [2.75, 3.05) is 24.6 Å². The standard InChI is InChI=1S/C21H19ClF6N6O/c22-16-6-18(30-10-29-16)33-7-11-1-2-12(8-33)13(11)5-17-31-19-14(35-9-20(23,24)25)3-4-15(21(26,27)28)34(19)32-17/h3-4,6,10-13H,1-2,5,7-9H2/t11-,12+,13?. The van der Waals surface area contributed by atoms with Crippen LogP contribution in [-0.4, -0.2) is 50.4 Å². The molecule has 14 heteroatoms. The van der Waals surface area contributed by atoms with Crippen molar-refractivity contribution in [1.29, 1.82) is 0 Å². The summed E-state index contributed by atoms with van der Waals surface area (Å²) in [6.07, 6.45) is -5.84. The first kappa shape index (κ1) is 23.9. The maximum Gasteiger partial charge on any atom is 0.433 e. The number of alkyl halides is 6. The number of hydrogen-bond donors (Lipinski definition) is 0. The fraction of sp³-hybridized carbons (Fsp3) is 0.524. The third-order valence-electron chi connectivity index (χ3n) is 6.56. The molecule has 2 bridgehead atoms. The summed E-state index contributed by atoms with van der Waals surface area (Å²) in [7, 11) is 0. The molecule has 3 aromatic heterocycles. The molecule has 3 aromatic rings. The average Bonchev–Trinajstić information content (AvgIpc) is 3.27. The molecule has 3 atom stereocenters. The van der Waals surface area contributed by atoms with Crippen LogP contribution in [0, 0.1) is 17.8 Å². The van der Waals surface area contributed by atoms with Crippen molar-refractivity contribution >= 4 is 23.1 Å². The molecule has 7 nitrogen and oxygen atoms in total. The number of aromatic nitrogens is 5. The van der Waals surface area contributed by atoms with Gasteiger partial charge in [-0.1, -0.05) is 11.6 Å². The summed E-state index contributed by atoms with van der Waals surface area (Å²) in [6, 6.07) is 3.18. The van der Waals surface area contributed by atoms with Gasteiger partial charge in [0.2, 0.25) is 0 Å². The van der Waals surface area contributed by atoms with Gasteiger partial charge in [0.1, 0.15) is 23.0 Å². The first-order valence-electron chi connectivity index (χ1n) is 10.9. The first-order valence-corrected chi connectivity index (χ1v) is 11.2. The summed E-state index contributed by atoms with van der Waals surface area (Å²) < 4.78 is 83.7. The first-order chi connectivity index (χ1) is 16.5. The van der Waals surface area contributed by atoms with E-state index in [2.05, 4.69) is 25.0 Å². The summed E-state index contributed by atoms with van der Waals surface area (Å²) in [5.74, 6) is 1.03. The number of nitrogens with zero attached hydrogens (tertiary/aromatic N) is 6. The second-order valence-electron chi connectivity index (χ2n) is 8.82. The van der Waals surface area contributed by atoms with E-state index >= 15 is 0 Å². The number of hydrogen-bond acceptors (Lipinski definition) is 6. The highest BCUT2D eigenvalue weighted by atomic mass is 35.5. The maximum absolute atomic E-state index is 13.5. The van der Waals surface area contributed by atoms with Crippen LogP contribution in [0.25, 0.3) is 5.65 Å². The summed E-state index contributed by atoms with van der Waals surface area (Å²) in [5, 5.41) is 4.37. The topological polar surface area (TPSA) is 68.4 Å². The molecule has 0 amide bonds. The molecule has 0 spiro atoms. The molecule has 1 saturated carbocycles. The van der Waals surface area contributed by atoms with Crippen LogP contribution in [0.4, 0.5) is 32.2 Å². The summed E-state index contributed by atoms with van der Waals surface area (Å²) in [4.78, 5) is 14.5. The van der Waals surface area contributed by atoms with E-state index in [4.69, 9.17) is 16.3 Å². The smallest absolute Gasteiger partial charge is 0.433 e. The Morgan fingerprint density at radius 3 is 2.37 bits per heavy atom. The van der Waals surface area contributed by atoms with Gasteiger partial charge in [0.25, 0.3) is 0 Å². The van der Waals surface area contributed by atoms with Gasteiger partial charge >= 0.3 is 12.4 Å². The van der Waals surface area contributed by atoms with Gasteiger partial charge in [-0.25, -0.2) is 19.5 Å². The van der Waals surface area contributed by atoms with Gasteiger partial charge in [-0.15, -0.1) is 0 Å². The van der Waals surface area contributed by atoms with Gasteiger partial charge < -0.3 is 9.64 Å². The summed E-state index contributed by atoms with van der Waals surface area (Å²) in [5.41, 5.74) is -1.52. The number of ether oxygens (including phenoxy) is 1. The highest BCUT2D eigenvalue weighted by Gasteiger charge is 2.43. The molecule has 188 valence electrons. The molecule has 2 fully saturated rings. The Labute approximate surface area is 200 Å². The summed E-state index contributed by atoms with van der Waals surface area (Å²) in [6.45, 7) is -0.267. The van der Waals surface area contributed by atoms with Crippen molar-refractivity contribution in [2.45, 2.75) is 31.6 Å². The van der Waals surface area contributed by atoms with E-state index in [0.717, 1.165) is 18.9 Å². The summed E-state index contributed by atoms with van der Waals surface area (Å²) >= 11 is 5.98. The van der Waals surface area contributed by atoms with Crippen molar-refractivity contribution in [3.8, 4) is 5.75 Å². The van der Waals surface area contributed by atoms with Crippen molar-refractivity contribution in [1.82, 2.24) is 24.6 Å². The molecule has 2 aliphatic rings. The van der Waals surface area contributed by atoms with Gasteiger partial charge in [-0.3, -0.25) is 0 Å². The largest absolute Gasteiger partial charge is 0.480 e. The predicted molar refractivity (Wildman–Crippen MR) is 112 cm³/mol. The fourth-order valence-electron chi connectivity index (χ4n) is 5.12. The normalized spacial score (nSPS) is 22.7. The molecule has 0 radical (unpaired) electrons. The van der Waals surface area contributed by atoms with Gasteiger partial charge in [-0.05, 0) is 42.7 Å². The molecule has 1 saturated heterocycles.